The first-order valence-electron chi connectivity index (χ1n) is 10.4. The number of halogens is 1. The molecule has 0 bridgehead atoms. The predicted molar refractivity (Wildman–Crippen MR) is 128 cm³/mol. The van der Waals surface area contributed by atoms with Gasteiger partial charge in [0.1, 0.15) is 0 Å². The van der Waals surface area contributed by atoms with Crippen LogP contribution < -0.4 is 5.32 Å². The molecule has 0 spiro atoms. The van der Waals surface area contributed by atoms with Gasteiger partial charge in [-0.3, -0.25) is 4.79 Å². The SMILES string of the molecule is C[C@@H](O[Si](C)(C)C(C)(C)C)[C@H]1C(=O)N[C@@H]1C/C=C(\Br)CO[Si](C)(C)C(C)(C)C. The summed E-state index contributed by atoms with van der Waals surface area (Å²) in [6, 6.07) is 0.132. The lowest BCUT2D eigenvalue weighted by Crippen LogP contribution is -2.63. The molecule has 0 saturated carbocycles. The van der Waals surface area contributed by atoms with Crippen molar-refractivity contribution in [1.82, 2.24) is 5.32 Å². The van der Waals surface area contributed by atoms with E-state index >= 15 is 0 Å². The molecular formula is C21H42BrNO3Si2. The zero-order chi connectivity index (χ0) is 22.1. The van der Waals surface area contributed by atoms with Gasteiger partial charge in [0.25, 0.3) is 0 Å². The minimum Gasteiger partial charge on any atom is -0.413 e. The molecule has 0 aliphatic carbocycles. The van der Waals surface area contributed by atoms with Crippen LogP contribution in [0.1, 0.15) is 54.9 Å². The fraction of sp³-hybridized carbons (Fsp3) is 0.857. The van der Waals surface area contributed by atoms with Crippen LogP contribution in [-0.4, -0.2) is 41.3 Å². The van der Waals surface area contributed by atoms with Crippen LogP contribution in [0.5, 0.6) is 0 Å². The van der Waals surface area contributed by atoms with Crippen LogP contribution in [0.4, 0.5) is 0 Å². The van der Waals surface area contributed by atoms with Crippen LogP contribution in [0.25, 0.3) is 0 Å². The third kappa shape index (κ3) is 6.52. The van der Waals surface area contributed by atoms with E-state index in [0.29, 0.717) is 6.61 Å². The number of amides is 1. The number of hydrogen-bond donors (Lipinski definition) is 1. The van der Waals surface area contributed by atoms with Crippen molar-refractivity contribution in [2.45, 2.75) is 103 Å². The van der Waals surface area contributed by atoms with Crippen molar-refractivity contribution in [3.63, 3.8) is 0 Å². The van der Waals surface area contributed by atoms with Crippen LogP contribution in [0.2, 0.25) is 36.3 Å². The van der Waals surface area contributed by atoms with E-state index < -0.39 is 16.6 Å². The normalized spacial score (nSPS) is 23.3. The molecule has 0 unspecified atom stereocenters. The van der Waals surface area contributed by atoms with Gasteiger partial charge in [0.15, 0.2) is 16.6 Å². The van der Waals surface area contributed by atoms with E-state index in [2.05, 4.69) is 102 Å². The third-order valence-electron chi connectivity index (χ3n) is 6.83. The summed E-state index contributed by atoms with van der Waals surface area (Å²) in [7, 11) is -3.65. The Balaban J connectivity index is 2.65. The molecule has 1 aliphatic heterocycles. The average Bonchev–Trinajstić information content (AvgIpc) is 2.46. The summed E-state index contributed by atoms with van der Waals surface area (Å²) in [4.78, 5) is 12.2. The van der Waals surface area contributed by atoms with Gasteiger partial charge in [0.2, 0.25) is 5.91 Å². The van der Waals surface area contributed by atoms with Crippen molar-refractivity contribution in [2.75, 3.05) is 6.61 Å². The lowest BCUT2D eigenvalue weighted by Gasteiger charge is -2.45. The van der Waals surface area contributed by atoms with Crippen LogP contribution >= 0.6 is 15.9 Å². The average molecular weight is 493 g/mol. The van der Waals surface area contributed by atoms with E-state index in [0.717, 1.165) is 10.9 Å². The van der Waals surface area contributed by atoms with Crippen LogP contribution in [0.3, 0.4) is 0 Å². The summed E-state index contributed by atoms with van der Waals surface area (Å²) in [5, 5.41) is 3.39. The van der Waals surface area contributed by atoms with Gasteiger partial charge in [0.05, 0.1) is 18.6 Å². The molecule has 4 nitrogen and oxygen atoms in total. The van der Waals surface area contributed by atoms with Crippen molar-refractivity contribution in [3.8, 4) is 0 Å². The zero-order valence-corrected chi connectivity index (χ0v) is 23.4. The van der Waals surface area contributed by atoms with Gasteiger partial charge in [0, 0.05) is 10.5 Å². The van der Waals surface area contributed by atoms with Crippen molar-refractivity contribution < 1.29 is 13.6 Å². The molecule has 0 aromatic heterocycles. The second kappa shape index (κ2) is 9.04. The Morgan fingerprint density at radius 1 is 1.11 bits per heavy atom. The maximum absolute atomic E-state index is 12.2. The molecule has 0 aromatic rings. The Morgan fingerprint density at radius 3 is 2.04 bits per heavy atom. The second-order valence-corrected chi connectivity index (χ2v) is 21.7. The predicted octanol–water partition coefficient (Wildman–Crippen LogP) is 6.20. The highest BCUT2D eigenvalue weighted by Gasteiger charge is 2.47. The Kier molecular flexibility index (Phi) is 8.42. The summed E-state index contributed by atoms with van der Waals surface area (Å²) in [6.07, 6.45) is 2.88. The monoisotopic (exact) mass is 491 g/mol. The first-order valence-corrected chi connectivity index (χ1v) is 17.0. The van der Waals surface area contributed by atoms with E-state index in [9.17, 15) is 4.79 Å². The molecule has 0 aromatic carbocycles. The van der Waals surface area contributed by atoms with Gasteiger partial charge < -0.3 is 14.2 Å². The quantitative estimate of drug-likeness (QED) is 0.324. The molecule has 1 aliphatic rings. The lowest BCUT2D eigenvalue weighted by molar-refractivity contribution is -0.139. The molecule has 0 radical (unpaired) electrons. The molecule has 1 fully saturated rings. The van der Waals surface area contributed by atoms with E-state index in [1.165, 1.54) is 0 Å². The molecule has 1 N–H and O–H groups in total. The van der Waals surface area contributed by atoms with Gasteiger partial charge in [-0.25, -0.2) is 0 Å². The number of β-lactam (4-membered cyclic amide) rings is 1. The molecule has 1 heterocycles. The van der Waals surface area contributed by atoms with Crippen LogP contribution in [-0.2, 0) is 13.6 Å². The minimum absolute atomic E-state index is 0.0599. The van der Waals surface area contributed by atoms with Crippen molar-refractivity contribution >= 4 is 38.5 Å². The fourth-order valence-corrected chi connectivity index (χ4v) is 5.59. The Morgan fingerprint density at radius 2 is 1.61 bits per heavy atom. The topological polar surface area (TPSA) is 47.6 Å². The highest BCUT2D eigenvalue weighted by Crippen LogP contribution is 2.39. The molecule has 1 amide bonds. The van der Waals surface area contributed by atoms with Gasteiger partial charge >= 0.3 is 0 Å². The summed E-state index contributed by atoms with van der Waals surface area (Å²) in [5.74, 6) is 0.0326. The van der Waals surface area contributed by atoms with Gasteiger partial charge in [-0.2, -0.15) is 0 Å². The molecule has 3 atom stereocenters. The summed E-state index contributed by atoms with van der Waals surface area (Å²) < 4.78 is 13.8. The molecular weight excluding hydrogens is 450 g/mol. The van der Waals surface area contributed by atoms with Crippen LogP contribution in [0, 0.1) is 5.92 Å². The largest absolute Gasteiger partial charge is 0.413 e. The lowest BCUT2D eigenvalue weighted by atomic mass is 9.84. The number of hydrogen-bond acceptors (Lipinski definition) is 3. The molecule has 7 heteroatoms. The van der Waals surface area contributed by atoms with E-state index in [-0.39, 0.29) is 34.0 Å². The fourth-order valence-electron chi connectivity index (χ4n) is 2.70. The van der Waals surface area contributed by atoms with Gasteiger partial charge in [-0.05, 0) is 49.6 Å². The minimum atomic E-state index is -1.89. The van der Waals surface area contributed by atoms with E-state index in [1.54, 1.807) is 0 Å². The highest BCUT2D eigenvalue weighted by molar-refractivity contribution is 9.11. The van der Waals surface area contributed by atoms with E-state index in [1.807, 2.05) is 0 Å². The maximum atomic E-state index is 12.2. The first kappa shape index (κ1) is 26.1. The standard InChI is InChI=1S/C21H42BrNO3Si2/c1-15(26-28(10,11)21(5,6)7)18-17(23-19(18)24)13-12-16(22)14-25-27(8,9)20(2,3)4/h12,15,17-18H,13-14H2,1-11H3,(H,23,24)/b16-12-/t15-,17-,18-/m1/s1. The third-order valence-corrected chi connectivity index (χ3v) is 16.4. The highest BCUT2D eigenvalue weighted by atomic mass is 79.9. The first-order chi connectivity index (χ1) is 12.4. The number of nitrogens with one attached hydrogen (secondary N) is 1. The smallest absolute Gasteiger partial charge is 0.228 e. The molecule has 1 saturated heterocycles. The molecule has 1 rings (SSSR count). The molecule has 28 heavy (non-hydrogen) atoms. The Hall–Kier alpha value is 0.0438. The summed E-state index contributed by atoms with van der Waals surface area (Å²) in [6.45, 7) is 25.1. The second-order valence-electron chi connectivity index (χ2n) is 11.2. The van der Waals surface area contributed by atoms with Gasteiger partial charge in [-0.1, -0.05) is 63.5 Å². The number of carbonyl (C=O) groups excluding carboxylic acids is 1. The Bertz CT molecular complexity index is 591. The number of rotatable bonds is 8. The van der Waals surface area contributed by atoms with Crippen molar-refractivity contribution in [1.29, 1.82) is 0 Å². The summed E-state index contributed by atoms with van der Waals surface area (Å²) in [5.41, 5.74) is 0. The molecule has 164 valence electrons. The van der Waals surface area contributed by atoms with E-state index in [4.69, 9.17) is 8.85 Å². The maximum Gasteiger partial charge on any atom is 0.228 e. The van der Waals surface area contributed by atoms with Crippen molar-refractivity contribution in [3.05, 3.63) is 10.6 Å². The number of carbonyl (C=O) groups is 1. The Labute approximate surface area is 183 Å². The van der Waals surface area contributed by atoms with Gasteiger partial charge in [-0.15, -0.1) is 0 Å². The van der Waals surface area contributed by atoms with Crippen molar-refractivity contribution in [2.24, 2.45) is 5.92 Å². The summed E-state index contributed by atoms with van der Waals surface area (Å²) >= 11 is 3.65. The van der Waals surface area contributed by atoms with Crippen LogP contribution in [0.15, 0.2) is 10.6 Å². The zero-order valence-electron chi connectivity index (χ0n) is 19.8.